The molecule has 4 nitrogen and oxygen atoms in total. The second-order valence-corrected chi connectivity index (χ2v) is 8.09. The van der Waals surface area contributed by atoms with E-state index in [1.165, 1.54) is 11.4 Å². The topological polar surface area (TPSA) is 32.3 Å². The molecule has 2 radical (unpaired) electrons. The molecule has 4 rings (SSSR count). The van der Waals surface area contributed by atoms with Crippen LogP contribution < -0.4 is 7.71 Å². The number of aromatic nitrogens is 2. The van der Waals surface area contributed by atoms with Crippen molar-refractivity contribution in [2.24, 2.45) is 0 Å². The van der Waals surface area contributed by atoms with Crippen molar-refractivity contribution in [3.05, 3.63) is 84.4 Å². The van der Waals surface area contributed by atoms with Gasteiger partial charge in [-0.25, -0.2) is 0 Å². The molecule has 0 saturated carbocycles. The second-order valence-electron chi connectivity index (χ2n) is 5.40. The Bertz CT molecular complexity index is 713. The predicted molar refractivity (Wildman–Crippen MR) is 93.0 cm³/mol. The van der Waals surface area contributed by atoms with E-state index in [2.05, 4.69) is 66.2 Å². The Kier molecular flexibility index (Phi) is 3.98. The second kappa shape index (κ2) is 6.42. The molecular weight excluding hydrogens is 345 g/mol. The molecule has 0 atom stereocenters. The van der Waals surface area contributed by atoms with Crippen LogP contribution in [0.25, 0.3) is 0 Å². The standard InChI is InChI=1S/C18H16GeN4/c1-2-10-18-17(9-1)22(13-15-7-3-5-11-20-15)19-23(18)14-16-8-4-6-12-21-16/h1-12H,13-14H2. The number of hydrogen-bond donors (Lipinski definition) is 0. The van der Waals surface area contributed by atoms with Gasteiger partial charge in [0.1, 0.15) is 0 Å². The van der Waals surface area contributed by atoms with Gasteiger partial charge >= 0.3 is 142 Å². The Balaban J connectivity index is 1.59. The van der Waals surface area contributed by atoms with Gasteiger partial charge in [0, 0.05) is 0 Å². The third-order valence-corrected chi connectivity index (χ3v) is 6.48. The van der Waals surface area contributed by atoms with Crippen LogP contribution in [0.3, 0.4) is 0 Å². The summed E-state index contributed by atoms with van der Waals surface area (Å²) in [5.74, 6) is 0. The molecule has 0 saturated heterocycles. The van der Waals surface area contributed by atoms with Crippen molar-refractivity contribution in [1.29, 1.82) is 0 Å². The minimum absolute atomic E-state index is 0.440. The first kappa shape index (κ1) is 14.3. The molecule has 3 aromatic rings. The fourth-order valence-corrected chi connectivity index (χ4v) is 5.56. The molecular formula is C18H16GeN4. The number of rotatable bonds is 4. The fraction of sp³-hybridized carbons (Fsp3) is 0.111. The first-order valence-electron chi connectivity index (χ1n) is 7.60. The molecule has 0 amide bonds. The maximum atomic E-state index is 4.47. The van der Waals surface area contributed by atoms with Gasteiger partial charge in [0.2, 0.25) is 0 Å². The van der Waals surface area contributed by atoms with Crippen LogP contribution in [0, 0.1) is 0 Å². The zero-order valence-electron chi connectivity index (χ0n) is 12.6. The summed E-state index contributed by atoms with van der Waals surface area (Å²) < 4.78 is 4.97. The van der Waals surface area contributed by atoms with Gasteiger partial charge in [-0.15, -0.1) is 0 Å². The van der Waals surface area contributed by atoms with E-state index in [-0.39, 0.29) is 0 Å². The molecule has 1 aromatic carbocycles. The van der Waals surface area contributed by atoms with Crippen molar-refractivity contribution in [2.75, 3.05) is 7.71 Å². The third-order valence-electron chi connectivity index (χ3n) is 3.80. The predicted octanol–water partition coefficient (Wildman–Crippen LogP) is 3.04. The average molecular weight is 361 g/mol. The van der Waals surface area contributed by atoms with Crippen LogP contribution in [0.1, 0.15) is 11.4 Å². The van der Waals surface area contributed by atoms with Crippen LogP contribution in [0.15, 0.2) is 73.1 Å². The Labute approximate surface area is 142 Å². The number of anilines is 2. The molecule has 23 heavy (non-hydrogen) atoms. The van der Waals surface area contributed by atoms with Crippen LogP contribution in [0.2, 0.25) is 0 Å². The summed E-state index contributed by atoms with van der Waals surface area (Å²) in [6, 6.07) is 20.9. The first-order chi connectivity index (χ1) is 11.4. The van der Waals surface area contributed by atoms with Gasteiger partial charge in [-0.2, -0.15) is 0 Å². The summed E-state index contributed by atoms with van der Waals surface area (Å²) in [6.07, 6.45) is 3.73. The van der Waals surface area contributed by atoms with Gasteiger partial charge in [-0.05, 0) is 0 Å². The number of pyridine rings is 2. The molecule has 5 heteroatoms. The Hall–Kier alpha value is -2.34. The molecule has 0 N–H and O–H groups in total. The molecule has 2 aromatic heterocycles. The molecule has 1 aliphatic rings. The average Bonchev–Trinajstić information content (AvgIpc) is 2.95. The van der Waals surface area contributed by atoms with Gasteiger partial charge < -0.3 is 0 Å². The molecule has 0 spiro atoms. The van der Waals surface area contributed by atoms with E-state index in [0.29, 0.717) is 0 Å². The quantitative estimate of drug-likeness (QED) is 0.669. The van der Waals surface area contributed by atoms with Crippen LogP contribution in [0.4, 0.5) is 11.4 Å². The van der Waals surface area contributed by atoms with Crippen molar-refractivity contribution in [2.45, 2.75) is 13.1 Å². The van der Waals surface area contributed by atoms with Gasteiger partial charge in [-0.1, -0.05) is 0 Å². The Morgan fingerprint density at radius 3 is 1.57 bits per heavy atom. The van der Waals surface area contributed by atoms with Gasteiger partial charge in [0.05, 0.1) is 0 Å². The van der Waals surface area contributed by atoms with Crippen molar-refractivity contribution >= 4 is 27.3 Å². The van der Waals surface area contributed by atoms with Crippen molar-refractivity contribution in [3.8, 4) is 0 Å². The van der Waals surface area contributed by atoms with Crippen LogP contribution in [-0.2, 0) is 13.1 Å². The van der Waals surface area contributed by atoms with Crippen LogP contribution in [-0.4, -0.2) is 25.8 Å². The zero-order chi connectivity index (χ0) is 15.5. The van der Waals surface area contributed by atoms with E-state index in [9.17, 15) is 0 Å². The SMILES string of the molecule is c1ccc(C[N]2[Ge][N](Cc3ccccn3)c3ccccc32)nc1. The Morgan fingerprint density at radius 2 is 1.13 bits per heavy atom. The van der Waals surface area contributed by atoms with E-state index in [4.69, 9.17) is 0 Å². The molecule has 1 aliphatic heterocycles. The summed E-state index contributed by atoms with van der Waals surface area (Å²) in [4.78, 5) is 8.94. The molecule has 0 aliphatic carbocycles. The summed E-state index contributed by atoms with van der Waals surface area (Å²) in [6.45, 7) is 1.74. The third kappa shape index (κ3) is 3.08. The van der Waals surface area contributed by atoms with E-state index < -0.39 is 15.9 Å². The molecule has 0 unspecified atom stereocenters. The van der Waals surface area contributed by atoms with Crippen LogP contribution in [0.5, 0.6) is 0 Å². The normalized spacial score (nSPS) is 13.2. The number of nitrogens with zero attached hydrogens (tertiary/aromatic N) is 4. The van der Waals surface area contributed by atoms with Crippen molar-refractivity contribution < 1.29 is 0 Å². The first-order valence-corrected chi connectivity index (χ1v) is 9.48. The van der Waals surface area contributed by atoms with E-state index in [1.54, 1.807) is 0 Å². The number of para-hydroxylation sites is 2. The molecule has 3 heterocycles. The molecule has 0 bridgehead atoms. The summed E-state index contributed by atoms with van der Waals surface area (Å²) >= 11 is -0.440. The van der Waals surface area contributed by atoms with E-state index >= 15 is 0 Å². The van der Waals surface area contributed by atoms with Gasteiger partial charge in [-0.3, -0.25) is 0 Å². The summed E-state index contributed by atoms with van der Waals surface area (Å²) in [5, 5.41) is 0. The Morgan fingerprint density at radius 1 is 0.652 bits per heavy atom. The maximum absolute atomic E-state index is 4.47. The fourth-order valence-electron chi connectivity index (χ4n) is 2.72. The number of benzene rings is 1. The zero-order valence-corrected chi connectivity index (χ0v) is 14.7. The van der Waals surface area contributed by atoms with Gasteiger partial charge in [0.25, 0.3) is 0 Å². The summed E-state index contributed by atoms with van der Waals surface area (Å²) in [7, 11) is 0. The van der Waals surface area contributed by atoms with Crippen molar-refractivity contribution in [1.82, 2.24) is 9.97 Å². The van der Waals surface area contributed by atoms with Crippen LogP contribution >= 0.6 is 0 Å². The summed E-state index contributed by atoms with van der Waals surface area (Å²) in [5.41, 5.74) is 4.86. The van der Waals surface area contributed by atoms with Gasteiger partial charge in [0.15, 0.2) is 0 Å². The minimum atomic E-state index is -0.440. The number of hydrogen-bond acceptors (Lipinski definition) is 4. The molecule has 112 valence electrons. The molecule has 0 fully saturated rings. The van der Waals surface area contributed by atoms with E-state index in [0.717, 1.165) is 24.5 Å². The van der Waals surface area contributed by atoms with E-state index in [1.807, 2.05) is 24.5 Å². The van der Waals surface area contributed by atoms with Crippen molar-refractivity contribution in [3.63, 3.8) is 0 Å². The number of fused-ring (bicyclic) bond motifs is 1. The monoisotopic (exact) mass is 362 g/mol.